The average molecular weight is 336 g/mol. The number of para-hydroxylation sites is 1. The zero-order chi connectivity index (χ0) is 17.5. The number of piperazine rings is 1. The number of benzene rings is 1. The van der Waals surface area contributed by atoms with Crippen LogP contribution < -0.4 is 15.5 Å². The molecule has 2 N–H and O–H groups in total. The standard InChI is InChI=1S/C17H25FN4O2/c1-3-13(2)19-17(24)20-16(23)12-21-8-10-22(11-9-21)15-7-5-4-6-14(15)18/h4-7,13H,3,8-12H2,1-2H3,(H2,19,20,23,24)/t13-/m1/s1. The molecule has 1 heterocycles. The second-order valence-electron chi connectivity index (χ2n) is 6.05. The molecule has 1 aliphatic rings. The van der Waals surface area contributed by atoms with E-state index in [0.29, 0.717) is 31.9 Å². The number of nitrogens with one attached hydrogen (secondary N) is 2. The van der Waals surface area contributed by atoms with Crippen molar-refractivity contribution in [1.82, 2.24) is 15.5 Å². The van der Waals surface area contributed by atoms with Crippen molar-refractivity contribution in [3.05, 3.63) is 30.1 Å². The van der Waals surface area contributed by atoms with Crippen molar-refractivity contribution < 1.29 is 14.0 Å². The van der Waals surface area contributed by atoms with E-state index in [1.165, 1.54) is 6.07 Å². The lowest BCUT2D eigenvalue weighted by atomic mass is 10.2. The van der Waals surface area contributed by atoms with Gasteiger partial charge in [-0.25, -0.2) is 9.18 Å². The Balaban J connectivity index is 1.76. The van der Waals surface area contributed by atoms with Gasteiger partial charge in [-0.2, -0.15) is 0 Å². The summed E-state index contributed by atoms with van der Waals surface area (Å²) in [5.74, 6) is -0.555. The van der Waals surface area contributed by atoms with Gasteiger partial charge in [0.25, 0.3) is 0 Å². The summed E-state index contributed by atoms with van der Waals surface area (Å²) in [6, 6.07) is 6.27. The van der Waals surface area contributed by atoms with Crippen LogP contribution in [0.3, 0.4) is 0 Å². The Morgan fingerprint density at radius 2 is 1.88 bits per heavy atom. The first-order chi connectivity index (χ1) is 11.5. The number of nitrogens with zero attached hydrogens (tertiary/aromatic N) is 2. The van der Waals surface area contributed by atoms with Crippen LogP contribution >= 0.6 is 0 Å². The number of halogens is 1. The number of anilines is 1. The second kappa shape index (κ2) is 8.63. The molecule has 0 unspecified atom stereocenters. The molecule has 1 aromatic rings. The predicted molar refractivity (Wildman–Crippen MR) is 91.5 cm³/mol. The number of hydrogen-bond acceptors (Lipinski definition) is 4. The summed E-state index contributed by atoms with van der Waals surface area (Å²) in [5, 5.41) is 5.03. The molecule has 6 nitrogen and oxygen atoms in total. The van der Waals surface area contributed by atoms with Crippen LogP contribution in [0.5, 0.6) is 0 Å². The maximum absolute atomic E-state index is 13.8. The molecule has 7 heteroatoms. The van der Waals surface area contributed by atoms with E-state index in [0.717, 1.165) is 6.42 Å². The van der Waals surface area contributed by atoms with Gasteiger partial charge in [-0.1, -0.05) is 19.1 Å². The number of urea groups is 1. The lowest BCUT2D eigenvalue weighted by molar-refractivity contribution is -0.121. The molecule has 3 amide bonds. The number of rotatable bonds is 5. The van der Waals surface area contributed by atoms with Gasteiger partial charge in [0, 0.05) is 32.2 Å². The van der Waals surface area contributed by atoms with Crippen molar-refractivity contribution in [2.75, 3.05) is 37.6 Å². The molecule has 1 fully saturated rings. The normalized spacial score (nSPS) is 16.5. The van der Waals surface area contributed by atoms with Gasteiger partial charge in [0.2, 0.25) is 5.91 Å². The highest BCUT2D eigenvalue weighted by Gasteiger charge is 2.21. The van der Waals surface area contributed by atoms with E-state index in [-0.39, 0.29) is 24.3 Å². The molecule has 1 aliphatic heterocycles. The number of amides is 3. The van der Waals surface area contributed by atoms with Crippen molar-refractivity contribution in [1.29, 1.82) is 0 Å². The maximum Gasteiger partial charge on any atom is 0.321 e. The quantitative estimate of drug-likeness (QED) is 0.857. The first-order valence-electron chi connectivity index (χ1n) is 8.31. The van der Waals surface area contributed by atoms with E-state index in [4.69, 9.17) is 0 Å². The van der Waals surface area contributed by atoms with Crippen LogP contribution in [0, 0.1) is 5.82 Å². The van der Waals surface area contributed by atoms with Gasteiger partial charge in [0.05, 0.1) is 12.2 Å². The Labute approximate surface area is 142 Å². The fourth-order valence-corrected chi connectivity index (χ4v) is 2.59. The molecule has 2 rings (SSSR count). The molecule has 1 saturated heterocycles. The smallest absolute Gasteiger partial charge is 0.321 e. The van der Waals surface area contributed by atoms with Crippen LogP contribution in [0.1, 0.15) is 20.3 Å². The Morgan fingerprint density at radius 1 is 1.21 bits per heavy atom. The van der Waals surface area contributed by atoms with Crippen molar-refractivity contribution in [3.63, 3.8) is 0 Å². The van der Waals surface area contributed by atoms with Gasteiger partial charge in [-0.3, -0.25) is 15.0 Å². The SMILES string of the molecule is CC[C@@H](C)NC(=O)NC(=O)CN1CCN(c2ccccc2F)CC1. The van der Waals surface area contributed by atoms with E-state index in [1.54, 1.807) is 12.1 Å². The molecular weight excluding hydrogens is 311 g/mol. The Bertz CT molecular complexity index is 573. The molecule has 0 aromatic heterocycles. The zero-order valence-electron chi connectivity index (χ0n) is 14.2. The molecular formula is C17H25FN4O2. The van der Waals surface area contributed by atoms with Crippen LogP contribution in [-0.2, 0) is 4.79 Å². The van der Waals surface area contributed by atoms with Crippen LogP contribution in [-0.4, -0.2) is 55.6 Å². The van der Waals surface area contributed by atoms with Crippen molar-refractivity contribution >= 4 is 17.6 Å². The molecule has 0 spiro atoms. The number of imide groups is 1. The maximum atomic E-state index is 13.8. The number of carbonyl (C=O) groups excluding carboxylic acids is 2. The molecule has 0 aliphatic carbocycles. The van der Waals surface area contributed by atoms with Crippen LogP contribution in [0.25, 0.3) is 0 Å². The first kappa shape index (κ1) is 18.2. The van der Waals surface area contributed by atoms with Crippen LogP contribution in [0.4, 0.5) is 14.9 Å². The summed E-state index contributed by atoms with van der Waals surface area (Å²) in [7, 11) is 0. The zero-order valence-corrected chi connectivity index (χ0v) is 14.2. The van der Waals surface area contributed by atoms with E-state index in [1.807, 2.05) is 29.7 Å². The fourth-order valence-electron chi connectivity index (χ4n) is 2.59. The Kier molecular flexibility index (Phi) is 6.54. The first-order valence-corrected chi connectivity index (χ1v) is 8.31. The van der Waals surface area contributed by atoms with E-state index < -0.39 is 6.03 Å². The van der Waals surface area contributed by atoms with Crippen molar-refractivity contribution in [3.8, 4) is 0 Å². The van der Waals surface area contributed by atoms with Gasteiger partial charge in [-0.15, -0.1) is 0 Å². The summed E-state index contributed by atoms with van der Waals surface area (Å²) in [4.78, 5) is 27.5. The lowest BCUT2D eigenvalue weighted by Gasteiger charge is -2.35. The second-order valence-corrected chi connectivity index (χ2v) is 6.05. The third-order valence-corrected chi connectivity index (χ3v) is 4.18. The number of hydrogen-bond donors (Lipinski definition) is 2. The average Bonchev–Trinajstić information content (AvgIpc) is 2.55. The van der Waals surface area contributed by atoms with Gasteiger partial charge in [0.15, 0.2) is 0 Å². The molecule has 0 bridgehead atoms. The molecule has 1 atom stereocenters. The van der Waals surface area contributed by atoms with Crippen molar-refractivity contribution in [2.24, 2.45) is 0 Å². The summed E-state index contributed by atoms with van der Waals surface area (Å²) >= 11 is 0. The summed E-state index contributed by atoms with van der Waals surface area (Å²) in [6.07, 6.45) is 0.805. The van der Waals surface area contributed by atoms with E-state index >= 15 is 0 Å². The monoisotopic (exact) mass is 336 g/mol. The van der Waals surface area contributed by atoms with E-state index in [9.17, 15) is 14.0 Å². The highest BCUT2D eigenvalue weighted by Crippen LogP contribution is 2.19. The summed E-state index contributed by atoms with van der Waals surface area (Å²) in [6.45, 7) is 6.59. The molecule has 132 valence electrons. The third kappa shape index (κ3) is 5.19. The predicted octanol–water partition coefficient (Wildman–Crippen LogP) is 1.57. The number of carbonyl (C=O) groups is 2. The minimum absolute atomic E-state index is 0.0297. The topological polar surface area (TPSA) is 64.7 Å². The molecule has 24 heavy (non-hydrogen) atoms. The molecule has 0 radical (unpaired) electrons. The van der Waals surface area contributed by atoms with Gasteiger partial charge >= 0.3 is 6.03 Å². The van der Waals surface area contributed by atoms with Crippen LogP contribution in [0.15, 0.2) is 24.3 Å². The fraction of sp³-hybridized carbons (Fsp3) is 0.529. The van der Waals surface area contributed by atoms with Gasteiger partial charge < -0.3 is 10.2 Å². The summed E-state index contributed by atoms with van der Waals surface area (Å²) in [5.41, 5.74) is 0.592. The van der Waals surface area contributed by atoms with Gasteiger partial charge in [0.1, 0.15) is 5.82 Å². The highest BCUT2D eigenvalue weighted by molar-refractivity contribution is 5.95. The molecule has 0 saturated carbocycles. The molecule has 1 aromatic carbocycles. The minimum Gasteiger partial charge on any atom is -0.367 e. The van der Waals surface area contributed by atoms with Gasteiger partial charge in [-0.05, 0) is 25.5 Å². The highest BCUT2D eigenvalue weighted by atomic mass is 19.1. The largest absolute Gasteiger partial charge is 0.367 e. The minimum atomic E-state index is -0.459. The van der Waals surface area contributed by atoms with Crippen molar-refractivity contribution in [2.45, 2.75) is 26.3 Å². The third-order valence-electron chi connectivity index (χ3n) is 4.18. The van der Waals surface area contributed by atoms with E-state index in [2.05, 4.69) is 10.6 Å². The Morgan fingerprint density at radius 3 is 2.50 bits per heavy atom. The Hall–Kier alpha value is -2.15. The summed E-state index contributed by atoms with van der Waals surface area (Å²) < 4.78 is 13.8. The lowest BCUT2D eigenvalue weighted by Crippen LogP contribution is -2.51. The van der Waals surface area contributed by atoms with Crippen LogP contribution in [0.2, 0.25) is 0 Å².